The molecule has 0 saturated heterocycles. The third-order valence-corrected chi connectivity index (χ3v) is 5.44. The molecule has 1 heterocycles. The second-order valence-corrected chi connectivity index (χ2v) is 8.04. The van der Waals surface area contributed by atoms with E-state index in [0.717, 1.165) is 24.3 Å². The van der Waals surface area contributed by atoms with Crippen LogP contribution in [-0.2, 0) is 16.2 Å². The van der Waals surface area contributed by atoms with Crippen LogP contribution in [0.2, 0.25) is 0 Å². The first-order valence-corrected chi connectivity index (χ1v) is 10.4. The summed E-state index contributed by atoms with van der Waals surface area (Å²) in [6.07, 6.45) is -1.89. The maximum atomic E-state index is 12.8. The zero-order valence-electron chi connectivity index (χ0n) is 16.1. The van der Waals surface area contributed by atoms with Crippen LogP contribution in [0, 0.1) is 0 Å². The Hall–Kier alpha value is -3.93. The maximum absolute atomic E-state index is 12.8. The van der Waals surface area contributed by atoms with Gasteiger partial charge in [-0.15, -0.1) is 0 Å². The van der Waals surface area contributed by atoms with Crippen LogP contribution in [0.3, 0.4) is 0 Å². The number of hydrogen-bond acceptors (Lipinski definition) is 5. The van der Waals surface area contributed by atoms with Crippen LogP contribution in [0.4, 0.5) is 18.9 Å². The molecule has 8 nitrogen and oxygen atoms in total. The molecular formula is C20H15F3N4O4S. The molecule has 0 radical (unpaired) electrons. The first kappa shape index (κ1) is 22.7. The summed E-state index contributed by atoms with van der Waals surface area (Å²) < 4.78 is 65.8. The summed E-state index contributed by atoms with van der Waals surface area (Å²) in [5.41, 5.74) is 3.08. The Balaban J connectivity index is 1.73. The summed E-state index contributed by atoms with van der Waals surface area (Å²) in [5, 5.41) is 0. The number of nitrogens with zero attached hydrogens (tertiary/aromatic N) is 1. The van der Waals surface area contributed by atoms with Crippen molar-refractivity contribution in [1.29, 1.82) is 0 Å². The number of anilines is 1. The molecule has 0 spiro atoms. The number of carbonyl (C=O) groups excluding carboxylic acids is 2. The molecular weight excluding hydrogens is 449 g/mol. The van der Waals surface area contributed by atoms with Gasteiger partial charge in [-0.3, -0.25) is 30.1 Å². The lowest BCUT2D eigenvalue weighted by atomic mass is 10.2. The Morgan fingerprint density at radius 1 is 0.844 bits per heavy atom. The number of aromatic nitrogens is 1. The highest BCUT2D eigenvalue weighted by atomic mass is 32.2. The van der Waals surface area contributed by atoms with Crippen LogP contribution in [0.25, 0.3) is 0 Å². The number of pyridine rings is 1. The zero-order chi connectivity index (χ0) is 23.4. The van der Waals surface area contributed by atoms with E-state index in [9.17, 15) is 31.2 Å². The van der Waals surface area contributed by atoms with E-state index in [1.165, 1.54) is 42.7 Å². The van der Waals surface area contributed by atoms with E-state index in [1.807, 2.05) is 4.72 Å². The smallest absolute Gasteiger partial charge is 0.280 e. The zero-order valence-corrected chi connectivity index (χ0v) is 16.9. The highest BCUT2D eigenvalue weighted by molar-refractivity contribution is 7.92. The Kier molecular flexibility index (Phi) is 6.44. The predicted octanol–water partition coefficient (Wildman–Crippen LogP) is 2.98. The van der Waals surface area contributed by atoms with E-state index in [-0.39, 0.29) is 21.7 Å². The van der Waals surface area contributed by atoms with Crippen molar-refractivity contribution in [2.24, 2.45) is 0 Å². The molecule has 12 heteroatoms. The molecule has 0 atom stereocenters. The standard InChI is InChI=1S/C20H15F3N4O4S/c21-20(22,23)15-6-2-7-16(11-15)27-32(30,31)17-8-1-4-13(10-17)18(28)25-26-19(29)14-5-3-9-24-12-14/h1-12,27H,(H,25,28)(H,26,29). The Bertz CT molecular complexity index is 1250. The molecule has 0 aliphatic heterocycles. The average Bonchev–Trinajstić information content (AvgIpc) is 2.77. The molecule has 0 bridgehead atoms. The van der Waals surface area contributed by atoms with Crippen LogP contribution in [0.5, 0.6) is 0 Å². The van der Waals surface area contributed by atoms with E-state index in [4.69, 9.17) is 0 Å². The number of hydrazine groups is 1. The van der Waals surface area contributed by atoms with Gasteiger partial charge < -0.3 is 0 Å². The van der Waals surface area contributed by atoms with Gasteiger partial charge in [0.05, 0.1) is 16.0 Å². The topological polar surface area (TPSA) is 117 Å². The van der Waals surface area contributed by atoms with Crippen LogP contribution < -0.4 is 15.6 Å². The van der Waals surface area contributed by atoms with E-state index >= 15 is 0 Å². The van der Waals surface area contributed by atoms with Crippen LogP contribution in [0.1, 0.15) is 26.3 Å². The highest BCUT2D eigenvalue weighted by Crippen LogP contribution is 2.31. The Labute approximate surface area is 180 Å². The van der Waals surface area contributed by atoms with E-state index in [2.05, 4.69) is 15.8 Å². The van der Waals surface area contributed by atoms with Crippen molar-refractivity contribution in [3.05, 3.63) is 89.7 Å². The van der Waals surface area contributed by atoms with Crippen LogP contribution in [0.15, 0.2) is 78.0 Å². The molecule has 2 amide bonds. The average molecular weight is 464 g/mol. The SMILES string of the molecule is O=C(NNC(=O)c1cccc(S(=O)(=O)Nc2cccc(C(F)(F)F)c2)c1)c1cccnc1. The van der Waals surface area contributed by atoms with Gasteiger partial charge in [-0.1, -0.05) is 12.1 Å². The Morgan fingerprint density at radius 2 is 1.50 bits per heavy atom. The lowest BCUT2D eigenvalue weighted by molar-refractivity contribution is -0.137. The normalized spacial score (nSPS) is 11.5. The number of sulfonamides is 1. The quantitative estimate of drug-likeness (QED) is 0.502. The molecule has 0 aliphatic carbocycles. The summed E-state index contributed by atoms with van der Waals surface area (Å²) in [6.45, 7) is 0. The number of benzene rings is 2. The Morgan fingerprint density at radius 3 is 2.16 bits per heavy atom. The van der Waals surface area contributed by atoms with Gasteiger partial charge in [0, 0.05) is 23.6 Å². The minimum Gasteiger partial charge on any atom is -0.280 e. The van der Waals surface area contributed by atoms with Crippen molar-refractivity contribution in [2.45, 2.75) is 11.1 Å². The number of carbonyl (C=O) groups is 2. The number of nitrogens with one attached hydrogen (secondary N) is 3. The van der Waals surface area contributed by atoms with Gasteiger partial charge >= 0.3 is 6.18 Å². The minimum atomic E-state index is -4.64. The van der Waals surface area contributed by atoms with Gasteiger partial charge in [0.15, 0.2) is 0 Å². The van der Waals surface area contributed by atoms with Crippen molar-refractivity contribution >= 4 is 27.5 Å². The molecule has 0 saturated carbocycles. The summed E-state index contributed by atoms with van der Waals surface area (Å²) in [5.74, 6) is -1.44. The minimum absolute atomic E-state index is 0.108. The lowest BCUT2D eigenvalue weighted by Gasteiger charge is -2.12. The fourth-order valence-electron chi connectivity index (χ4n) is 2.53. The summed E-state index contributed by atoms with van der Waals surface area (Å²) >= 11 is 0. The van der Waals surface area contributed by atoms with Crippen LogP contribution in [-0.4, -0.2) is 25.2 Å². The number of hydrogen-bond donors (Lipinski definition) is 3. The molecule has 3 N–H and O–H groups in total. The third kappa shape index (κ3) is 5.60. The summed E-state index contributed by atoms with van der Waals surface area (Å²) in [7, 11) is -4.30. The summed E-state index contributed by atoms with van der Waals surface area (Å²) in [6, 6.07) is 11.5. The molecule has 0 fully saturated rings. The van der Waals surface area contributed by atoms with Gasteiger partial charge in [0.1, 0.15) is 0 Å². The van der Waals surface area contributed by atoms with Crippen molar-refractivity contribution in [3.63, 3.8) is 0 Å². The first-order chi connectivity index (χ1) is 15.1. The molecule has 1 aromatic heterocycles. The van der Waals surface area contributed by atoms with E-state index in [0.29, 0.717) is 6.07 Å². The monoisotopic (exact) mass is 464 g/mol. The number of amides is 2. The largest absolute Gasteiger partial charge is 0.416 e. The molecule has 32 heavy (non-hydrogen) atoms. The van der Waals surface area contributed by atoms with E-state index in [1.54, 1.807) is 0 Å². The second-order valence-electron chi connectivity index (χ2n) is 6.36. The van der Waals surface area contributed by atoms with Crippen molar-refractivity contribution < 1.29 is 31.2 Å². The summed E-state index contributed by atoms with van der Waals surface area (Å²) in [4.78, 5) is 27.7. The van der Waals surface area contributed by atoms with E-state index < -0.39 is 33.6 Å². The van der Waals surface area contributed by atoms with Gasteiger partial charge in [-0.25, -0.2) is 8.42 Å². The molecule has 3 aromatic rings. The van der Waals surface area contributed by atoms with Gasteiger partial charge in [-0.2, -0.15) is 13.2 Å². The van der Waals surface area contributed by atoms with Crippen LogP contribution >= 0.6 is 0 Å². The van der Waals surface area contributed by atoms with Gasteiger partial charge in [0.25, 0.3) is 21.8 Å². The maximum Gasteiger partial charge on any atom is 0.416 e. The molecule has 2 aromatic carbocycles. The van der Waals surface area contributed by atoms with Crippen molar-refractivity contribution in [1.82, 2.24) is 15.8 Å². The molecule has 0 unspecified atom stereocenters. The highest BCUT2D eigenvalue weighted by Gasteiger charge is 2.30. The van der Waals surface area contributed by atoms with Gasteiger partial charge in [0.2, 0.25) is 0 Å². The predicted molar refractivity (Wildman–Crippen MR) is 108 cm³/mol. The lowest BCUT2D eigenvalue weighted by Crippen LogP contribution is -2.41. The number of halogens is 3. The fraction of sp³-hybridized carbons (Fsp3) is 0.0500. The van der Waals surface area contributed by atoms with Gasteiger partial charge in [-0.05, 0) is 48.5 Å². The van der Waals surface area contributed by atoms with Crippen molar-refractivity contribution in [2.75, 3.05) is 4.72 Å². The fourth-order valence-corrected chi connectivity index (χ4v) is 3.63. The molecule has 166 valence electrons. The second kappa shape index (κ2) is 9.06. The molecule has 0 aliphatic rings. The number of rotatable bonds is 5. The van der Waals surface area contributed by atoms with Crippen molar-refractivity contribution in [3.8, 4) is 0 Å². The number of alkyl halides is 3. The molecule has 3 rings (SSSR count). The first-order valence-electron chi connectivity index (χ1n) is 8.87. The third-order valence-electron chi connectivity index (χ3n) is 4.06.